The van der Waals surface area contributed by atoms with E-state index in [-0.39, 0.29) is 17.4 Å². The largest absolute Gasteiger partial charge is 0.488 e. The lowest BCUT2D eigenvalue weighted by molar-refractivity contribution is -0.120. The molecule has 0 fully saturated rings. The Morgan fingerprint density at radius 2 is 1.68 bits per heavy atom. The molecule has 0 saturated carbocycles. The monoisotopic (exact) mass is 263 g/mol. The Morgan fingerprint density at radius 3 is 2.11 bits per heavy atom. The van der Waals surface area contributed by atoms with E-state index in [0.29, 0.717) is 0 Å². The molecule has 1 rings (SSSR count). The predicted octanol–water partition coefficient (Wildman–Crippen LogP) is 4.24. The normalized spacial score (nSPS) is 11.5. The van der Waals surface area contributed by atoms with Gasteiger partial charge in [-0.3, -0.25) is 4.79 Å². The third kappa shape index (κ3) is 5.33. The van der Waals surface area contributed by atoms with Crippen LogP contribution in [-0.4, -0.2) is 11.5 Å². The van der Waals surface area contributed by atoms with Gasteiger partial charge >= 0.3 is 0 Å². The minimum absolute atomic E-state index is 0.0884. The summed E-state index contributed by atoms with van der Waals surface area (Å²) in [5.41, 5.74) is 0.610. The zero-order chi connectivity index (χ0) is 14.5. The first-order valence-corrected chi connectivity index (χ1v) is 6.95. The van der Waals surface area contributed by atoms with Crippen molar-refractivity contribution in [3.63, 3.8) is 0 Å². The number of ether oxygens (including phenoxy) is 1. The molecule has 106 valence electrons. The van der Waals surface area contributed by atoms with Crippen molar-refractivity contribution in [2.24, 2.45) is 5.92 Å². The molecule has 0 aromatic heterocycles. The summed E-state index contributed by atoms with van der Waals surface area (Å²) < 4.78 is 5.74. The average molecular weight is 263 g/mol. The zero-order valence-corrected chi connectivity index (χ0v) is 12.6. The number of hydrogen-bond acceptors (Lipinski definition) is 2. The van der Waals surface area contributed by atoms with Crippen LogP contribution >= 0.6 is 0 Å². The predicted molar refractivity (Wildman–Crippen MR) is 79.5 cm³/mol. The Balaban J connectivity index is 2.64. The quantitative estimate of drug-likeness (QED) is 0.863. The van der Waals surface area contributed by atoms with E-state index < -0.39 is 0 Å². The number of hydrogen-bond donors (Lipinski definition) is 1. The van der Waals surface area contributed by atoms with Gasteiger partial charge in [-0.25, -0.2) is 0 Å². The van der Waals surface area contributed by atoms with Gasteiger partial charge in [-0.1, -0.05) is 13.8 Å². The van der Waals surface area contributed by atoms with E-state index in [1.807, 2.05) is 58.9 Å². The Bertz CT molecular complexity index is 400. The molecule has 0 bridgehead atoms. The van der Waals surface area contributed by atoms with Crippen molar-refractivity contribution in [3.8, 4) is 5.75 Å². The molecule has 0 radical (unpaired) electrons. The molecule has 3 heteroatoms. The number of amides is 1. The van der Waals surface area contributed by atoms with Crippen molar-refractivity contribution < 1.29 is 9.53 Å². The van der Waals surface area contributed by atoms with Gasteiger partial charge in [-0.15, -0.1) is 0 Å². The van der Waals surface area contributed by atoms with Crippen LogP contribution in [-0.2, 0) is 4.79 Å². The second-order valence-corrected chi connectivity index (χ2v) is 5.74. The fourth-order valence-corrected chi connectivity index (χ4v) is 1.86. The zero-order valence-electron chi connectivity index (χ0n) is 12.6. The van der Waals surface area contributed by atoms with Crippen molar-refractivity contribution in [2.75, 3.05) is 5.32 Å². The van der Waals surface area contributed by atoms with Crippen LogP contribution in [0, 0.1) is 5.92 Å². The summed E-state index contributed by atoms with van der Waals surface area (Å²) in [4.78, 5) is 11.9. The van der Waals surface area contributed by atoms with Gasteiger partial charge in [0.2, 0.25) is 5.91 Å². The molecule has 0 saturated heterocycles. The molecule has 0 aliphatic heterocycles. The SMILES string of the molecule is CCC(CC)C(=O)Nc1ccc(OC(C)(C)C)cc1. The summed E-state index contributed by atoms with van der Waals surface area (Å²) in [7, 11) is 0. The summed E-state index contributed by atoms with van der Waals surface area (Å²) in [5.74, 6) is 0.994. The molecule has 0 heterocycles. The molecule has 0 atom stereocenters. The summed E-state index contributed by atoms with van der Waals surface area (Å²) in [6, 6.07) is 7.52. The maximum atomic E-state index is 11.9. The molecular weight excluding hydrogens is 238 g/mol. The topological polar surface area (TPSA) is 38.3 Å². The molecule has 1 N–H and O–H groups in total. The number of anilines is 1. The van der Waals surface area contributed by atoms with Crippen LogP contribution in [0.5, 0.6) is 5.75 Å². The van der Waals surface area contributed by atoms with Crippen LogP contribution in [0.2, 0.25) is 0 Å². The van der Waals surface area contributed by atoms with Gasteiger partial charge in [-0.05, 0) is 57.9 Å². The molecule has 1 amide bonds. The molecule has 0 unspecified atom stereocenters. The summed E-state index contributed by atoms with van der Waals surface area (Å²) in [5, 5.41) is 2.94. The van der Waals surface area contributed by atoms with Crippen molar-refractivity contribution >= 4 is 11.6 Å². The molecule has 0 aliphatic carbocycles. The molecule has 0 aliphatic rings. The first-order valence-electron chi connectivity index (χ1n) is 6.95. The van der Waals surface area contributed by atoms with E-state index in [4.69, 9.17) is 4.74 Å². The van der Waals surface area contributed by atoms with E-state index >= 15 is 0 Å². The van der Waals surface area contributed by atoms with Crippen LogP contribution in [0.4, 0.5) is 5.69 Å². The molecule has 1 aromatic rings. The second kappa shape index (κ2) is 6.60. The van der Waals surface area contributed by atoms with E-state index in [9.17, 15) is 4.79 Å². The second-order valence-electron chi connectivity index (χ2n) is 5.74. The smallest absolute Gasteiger partial charge is 0.227 e. The number of carbonyl (C=O) groups is 1. The maximum absolute atomic E-state index is 11.9. The van der Waals surface area contributed by atoms with Gasteiger partial charge in [0, 0.05) is 11.6 Å². The van der Waals surface area contributed by atoms with E-state index in [0.717, 1.165) is 24.3 Å². The number of nitrogens with one attached hydrogen (secondary N) is 1. The van der Waals surface area contributed by atoms with Crippen molar-refractivity contribution in [3.05, 3.63) is 24.3 Å². The number of carbonyl (C=O) groups excluding carboxylic acids is 1. The third-order valence-electron chi connectivity index (χ3n) is 2.90. The number of benzene rings is 1. The molecular formula is C16H25NO2. The summed E-state index contributed by atoms with van der Waals surface area (Å²) in [6.07, 6.45) is 1.74. The van der Waals surface area contributed by atoms with Gasteiger partial charge in [0.1, 0.15) is 11.4 Å². The van der Waals surface area contributed by atoms with E-state index in [1.54, 1.807) is 0 Å². The molecule has 3 nitrogen and oxygen atoms in total. The summed E-state index contributed by atoms with van der Waals surface area (Å²) >= 11 is 0. The van der Waals surface area contributed by atoms with Crippen LogP contribution in [0.15, 0.2) is 24.3 Å². The lowest BCUT2D eigenvalue weighted by Crippen LogP contribution is -2.23. The fraction of sp³-hybridized carbons (Fsp3) is 0.562. The van der Waals surface area contributed by atoms with Gasteiger partial charge in [0.15, 0.2) is 0 Å². The first kappa shape index (κ1) is 15.5. The highest BCUT2D eigenvalue weighted by Crippen LogP contribution is 2.21. The highest BCUT2D eigenvalue weighted by molar-refractivity contribution is 5.92. The van der Waals surface area contributed by atoms with Crippen LogP contribution < -0.4 is 10.1 Å². The first-order chi connectivity index (χ1) is 8.85. The van der Waals surface area contributed by atoms with Crippen molar-refractivity contribution in [1.29, 1.82) is 0 Å². The lowest BCUT2D eigenvalue weighted by atomic mass is 10.0. The Labute approximate surface area is 116 Å². The van der Waals surface area contributed by atoms with Crippen molar-refractivity contribution in [1.82, 2.24) is 0 Å². The minimum atomic E-state index is -0.208. The summed E-state index contributed by atoms with van der Waals surface area (Å²) in [6.45, 7) is 10.1. The van der Waals surface area contributed by atoms with Crippen LogP contribution in [0.3, 0.4) is 0 Å². The van der Waals surface area contributed by atoms with Gasteiger partial charge in [0.05, 0.1) is 0 Å². The number of rotatable bonds is 5. The maximum Gasteiger partial charge on any atom is 0.227 e. The molecule has 1 aromatic carbocycles. The van der Waals surface area contributed by atoms with Crippen molar-refractivity contribution in [2.45, 2.75) is 53.1 Å². The highest BCUT2D eigenvalue weighted by atomic mass is 16.5. The van der Waals surface area contributed by atoms with Gasteiger partial charge in [0.25, 0.3) is 0 Å². The third-order valence-corrected chi connectivity index (χ3v) is 2.90. The average Bonchev–Trinajstić information content (AvgIpc) is 2.31. The Hall–Kier alpha value is -1.51. The molecule has 0 spiro atoms. The minimum Gasteiger partial charge on any atom is -0.488 e. The van der Waals surface area contributed by atoms with Gasteiger partial charge in [-0.2, -0.15) is 0 Å². The lowest BCUT2D eigenvalue weighted by Gasteiger charge is -2.21. The van der Waals surface area contributed by atoms with Crippen LogP contribution in [0.25, 0.3) is 0 Å². The Morgan fingerprint density at radius 1 is 1.16 bits per heavy atom. The fourth-order valence-electron chi connectivity index (χ4n) is 1.86. The van der Waals surface area contributed by atoms with Crippen LogP contribution in [0.1, 0.15) is 47.5 Å². The standard InChI is InChI=1S/C16H25NO2/c1-6-12(7-2)15(18)17-13-8-10-14(11-9-13)19-16(3,4)5/h8-12H,6-7H2,1-5H3,(H,17,18). The molecule has 19 heavy (non-hydrogen) atoms. The van der Waals surface area contributed by atoms with E-state index in [2.05, 4.69) is 5.32 Å². The Kier molecular flexibility index (Phi) is 5.40. The van der Waals surface area contributed by atoms with E-state index in [1.165, 1.54) is 0 Å². The highest BCUT2D eigenvalue weighted by Gasteiger charge is 2.14. The van der Waals surface area contributed by atoms with Gasteiger partial charge < -0.3 is 10.1 Å².